The lowest BCUT2D eigenvalue weighted by molar-refractivity contribution is 0.317. The van der Waals surface area contributed by atoms with Crippen LogP contribution in [0.15, 0.2) is 30.3 Å². The predicted molar refractivity (Wildman–Crippen MR) is 70.6 cm³/mol. The van der Waals surface area contributed by atoms with Crippen LogP contribution in [0.25, 0.3) is 11.3 Å². The maximum absolute atomic E-state index is 12.9. The van der Waals surface area contributed by atoms with Crippen molar-refractivity contribution in [3.05, 3.63) is 36.1 Å². The summed E-state index contributed by atoms with van der Waals surface area (Å²) in [5, 5.41) is 4.55. The first-order valence-corrected chi connectivity index (χ1v) is 9.42. The third-order valence-corrected chi connectivity index (χ3v) is 5.15. The van der Waals surface area contributed by atoms with Crippen LogP contribution >= 0.6 is 0 Å². The first-order chi connectivity index (χ1) is 8.53. The molecule has 0 bridgehead atoms. The van der Waals surface area contributed by atoms with Crippen molar-refractivity contribution < 1.29 is 9.13 Å². The highest BCUT2D eigenvalue weighted by Gasteiger charge is 2.30. The Balaban J connectivity index is 1.96. The van der Waals surface area contributed by atoms with E-state index in [2.05, 4.69) is 18.2 Å². The lowest BCUT2D eigenvalue weighted by atomic mass is 10.1. The molecule has 0 radical (unpaired) electrons. The summed E-state index contributed by atoms with van der Waals surface area (Å²) in [5.41, 5.74) is 1.76. The van der Waals surface area contributed by atoms with Gasteiger partial charge in [0.05, 0.1) is 11.9 Å². The van der Waals surface area contributed by atoms with Crippen LogP contribution in [0.1, 0.15) is 0 Å². The number of fused-ring (bicyclic) bond motifs is 1. The van der Waals surface area contributed by atoms with E-state index >= 15 is 0 Å². The second kappa shape index (κ2) is 3.95. The van der Waals surface area contributed by atoms with Crippen molar-refractivity contribution in [1.29, 1.82) is 0 Å². The maximum Gasteiger partial charge on any atom is 0.211 e. The maximum atomic E-state index is 12.9. The van der Waals surface area contributed by atoms with Gasteiger partial charge in [-0.1, -0.05) is 13.1 Å². The minimum absolute atomic E-state index is 0.229. The molecule has 1 aromatic carbocycles. The second-order valence-electron chi connectivity index (χ2n) is 5.49. The number of nitrogens with zero attached hydrogens (tertiary/aromatic N) is 2. The fourth-order valence-corrected chi connectivity index (χ4v) is 3.78. The largest absolute Gasteiger partial charge is 0.482 e. The van der Waals surface area contributed by atoms with E-state index in [4.69, 9.17) is 4.74 Å². The molecular formula is C13H15FN2OSi. The molecule has 0 saturated carbocycles. The van der Waals surface area contributed by atoms with Crippen molar-refractivity contribution in [2.45, 2.75) is 19.3 Å². The molecule has 2 heterocycles. The predicted octanol–water partition coefficient (Wildman–Crippen LogP) is 2.87. The van der Waals surface area contributed by atoms with E-state index in [0.29, 0.717) is 0 Å². The molecule has 5 heteroatoms. The minimum Gasteiger partial charge on any atom is -0.482 e. The van der Waals surface area contributed by atoms with E-state index < -0.39 is 8.07 Å². The van der Waals surface area contributed by atoms with Crippen molar-refractivity contribution in [3.8, 4) is 17.1 Å². The number of rotatable bonds is 1. The van der Waals surface area contributed by atoms with Gasteiger partial charge in [0.1, 0.15) is 13.9 Å². The van der Waals surface area contributed by atoms with Gasteiger partial charge in [0.2, 0.25) is 5.88 Å². The molecule has 1 aliphatic heterocycles. The Labute approximate surface area is 106 Å². The molecule has 0 amide bonds. The normalized spacial score (nSPS) is 17.1. The molecule has 1 aliphatic rings. The van der Waals surface area contributed by atoms with Crippen LogP contribution in [0, 0.1) is 5.82 Å². The molecule has 3 rings (SSSR count). The summed E-state index contributed by atoms with van der Waals surface area (Å²) >= 11 is 0. The van der Waals surface area contributed by atoms with Crippen LogP contribution < -0.4 is 4.74 Å². The molecule has 1 aromatic heterocycles. The molecular weight excluding hydrogens is 247 g/mol. The van der Waals surface area contributed by atoms with E-state index in [-0.39, 0.29) is 5.82 Å². The van der Waals surface area contributed by atoms with Gasteiger partial charge in [-0.2, -0.15) is 5.10 Å². The number of hydrogen-bond acceptors (Lipinski definition) is 2. The fraction of sp³-hybridized carbons (Fsp3) is 0.308. The fourth-order valence-electron chi connectivity index (χ4n) is 2.11. The van der Waals surface area contributed by atoms with Crippen LogP contribution in [0.3, 0.4) is 0 Å². The molecule has 0 spiro atoms. The van der Waals surface area contributed by atoms with E-state index in [0.717, 1.165) is 29.5 Å². The van der Waals surface area contributed by atoms with E-state index in [1.54, 1.807) is 12.1 Å². The molecule has 0 unspecified atom stereocenters. The SMILES string of the molecule is C[Si]1(C)COc2cc(-c3ccc(F)cc3)nn2C1. The van der Waals surface area contributed by atoms with Crippen LogP contribution in [0.2, 0.25) is 13.1 Å². The second-order valence-corrected chi connectivity index (χ2v) is 10.4. The highest BCUT2D eigenvalue weighted by Crippen LogP contribution is 2.27. The van der Waals surface area contributed by atoms with Crippen molar-refractivity contribution in [2.75, 3.05) is 6.23 Å². The molecule has 2 aromatic rings. The van der Waals surface area contributed by atoms with Crippen LogP contribution in [0.4, 0.5) is 4.39 Å². The van der Waals surface area contributed by atoms with E-state index in [1.807, 2.05) is 10.7 Å². The van der Waals surface area contributed by atoms with Crippen LogP contribution in [-0.2, 0) is 6.17 Å². The Kier molecular flexibility index (Phi) is 2.51. The average molecular weight is 262 g/mol. The standard InChI is InChI=1S/C13H15FN2OSi/c1-18(2)8-16-13(17-9-18)7-12(15-16)10-3-5-11(14)6-4-10/h3-7H,8-9H2,1-2H3. The zero-order valence-electron chi connectivity index (χ0n) is 10.5. The molecule has 0 aliphatic carbocycles. The van der Waals surface area contributed by atoms with Crippen LogP contribution in [0.5, 0.6) is 5.88 Å². The first-order valence-electron chi connectivity index (χ1n) is 6.00. The molecule has 0 atom stereocenters. The van der Waals surface area contributed by atoms with Gasteiger partial charge in [-0.15, -0.1) is 0 Å². The smallest absolute Gasteiger partial charge is 0.211 e. The van der Waals surface area contributed by atoms with Gasteiger partial charge < -0.3 is 4.74 Å². The Morgan fingerprint density at radius 1 is 1.28 bits per heavy atom. The van der Waals surface area contributed by atoms with Gasteiger partial charge in [0.15, 0.2) is 0 Å². The number of hydrogen-bond donors (Lipinski definition) is 0. The Morgan fingerprint density at radius 2 is 2.00 bits per heavy atom. The Morgan fingerprint density at radius 3 is 2.72 bits per heavy atom. The molecule has 0 fully saturated rings. The quantitative estimate of drug-likeness (QED) is 0.739. The zero-order chi connectivity index (χ0) is 12.8. The molecule has 18 heavy (non-hydrogen) atoms. The topological polar surface area (TPSA) is 27.1 Å². The van der Waals surface area contributed by atoms with E-state index in [9.17, 15) is 4.39 Å². The lowest BCUT2D eigenvalue weighted by Crippen LogP contribution is -2.44. The van der Waals surface area contributed by atoms with Gasteiger partial charge in [0, 0.05) is 17.8 Å². The summed E-state index contributed by atoms with van der Waals surface area (Å²) in [6.07, 6.45) is 1.81. The Bertz CT molecular complexity index is 577. The molecule has 0 saturated heterocycles. The monoisotopic (exact) mass is 262 g/mol. The number of aromatic nitrogens is 2. The first kappa shape index (κ1) is 11.5. The molecule has 3 nitrogen and oxygen atoms in total. The van der Waals surface area contributed by atoms with Crippen molar-refractivity contribution in [1.82, 2.24) is 9.78 Å². The van der Waals surface area contributed by atoms with Gasteiger partial charge >= 0.3 is 0 Å². The summed E-state index contributed by atoms with van der Waals surface area (Å²) in [5.74, 6) is 0.591. The number of halogens is 1. The van der Waals surface area contributed by atoms with Gasteiger partial charge in [-0.3, -0.25) is 0 Å². The Hall–Kier alpha value is -1.62. The average Bonchev–Trinajstić information content (AvgIpc) is 2.71. The summed E-state index contributed by atoms with van der Waals surface area (Å²) < 4.78 is 20.6. The minimum atomic E-state index is -1.32. The van der Waals surface area contributed by atoms with Gasteiger partial charge in [-0.05, 0) is 24.3 Å². The summed E-state index contributed by atoms with van der Waals surface area (Å²) in [4.78, 5) is 0. The highest BCUT2D eigenvalue weighted by molar-refractivity contribution is 6.76. The lowest BCUT2D eigenvalue weighted by Gasteiger charge is -2.28. The van der Waals surface area contributed by atoms with Gasteiger partial charge in [0.25, 0.3) is 0 Å². The number of benzene rings is 1. The molecule has 0 N–H and O–H groups in total. The molecule has 94 valence electrons. The highest BCUT2D eigenvalue weighted by atomic mass is 28.3. The van der Waals surface area contributed by atoms with Gasteiger partial charge in [-0.25, -0.2) is 9.07 Å². The summed E-state index contributed by atoms with van der Waals surface area (Å²) in [6.45, 7) is 4.57. The summed E-state index contributed by atoms with van der Waals surface area (Å²) in [6, 6.07) is 8.32. The number of ether oxygens (including phenoxy) is 1. The third kappa shape index (κ3) is 2.06. The van der Waals surface area contributed by atoms with Crippen molar-refractivity contribution >= 4 is 8.07 Å². The van der Waals surface area contributed by atoms with E-state index in [1.165, 1.54) is 12.1 Å². The van der Waals surface area contributed by atoms with Crippen molar-refractivity contribution in [3.63, 3.8) is 0 Å². The van der Waals surface area contributed by atoms with Crippen molar-refractivity contribution in [2.24, 2.45) is 0 Å². The van der Waals surface area contributed by atoms with Crippen LogP contribution in [-0.4, -0.2) is 24.1 Å². The summed E-state index contributed by atoms with van der Waals surface area (Å²) in [7, 11) is -1.32. The third-order valence-electron chi connectivity index (χ3n) is 3.07. The zero-order valence-corrected chi connectivity index (χ0v) is 11.5.